The molecule has 4 N–H and O–H groups in total. The van der Waals surface area contributed by atoms with Crippen molar-refractivity contribution in [2.24, 2.45) is 0 Å². The minimum atomic E-state index is -1.14. The van der Waals surface area contributed by atoms with Gasteiger partial charge in [0.2, 0.25) is 5.91 Å². The number of nitrogens with two attached hydrogens (primary N) is 1. The van der Waals surface area contributed by atoms with E-state index < -0.39 is 11.9 Å². The van der Waals surface area contributed by atoms with Crippen LogP contribution in [0.4, 0.5) is 11.5 Å². The molecule has 35 heavy (non-hydrogen) atoms. The fraction of sp³-hybridized carbons (Fsp3) is 0.160. The summed E-state index contributed by atoms with van der Waals surface area (Å²) >= 11 is 7.22. The van der Waals surface area contributed by atoms with Crippen molar-refractivity contribution in [1.29, 1.82) is 10.5 Å². The Bertz CT molecular complexity index is 1380. The molecule has 8 nitrogen and oxygen atoms in total. The number of benzene rings is 2. The van der Waals surface area contributed by atoms with E-state index in [9.17, 15) is 20.1 Å². The zero-order chi connectivity index (χ0) is 25.5. The van der Waals surface area contributed by atoms with Gasteiger partial charge < -0.3 is 16.2 Å². The Morgan fingerprint density at radius 3 is 2.43 bits per heavy atom. The highest BCUT2D eigenvalue weighted by Crippen LogP contribution is 2.36. The third kappa shape index (κ3) is 5.90. The molecule has 0 aliphatic carbocycles. The van der Waals surface area contributed by atoms with Crippen LogP contribution in [0, 0.1) is 22.7 Å². The van der Waals surface area contributed by atoms with Crippen molar-refractivity contribution in [3.05, 3.63) is 69.7 Å². The van der Waals surface area contributed by atoms with E-state index in [-0.39, 0.29) is 45.4 Å². The van der Waals surface area contributed by atoms with Gasteiger partial charge in [-0.1, -0.05) is 42.8 Å². The highest BCUT2D eigenvalue weighted by molar-refractivity contribution is 7.99. The number of thioether (sulfide) groups is 1. The normalized spacial score (nSPS) is 10.3. The van der Waals surface area contributed by atoms with E-state index in [0.29, 0.717) is 16.2 Å². The van der Waals surface area contributed by atoms with Gasteiger partial charge in [0.1, 0.15) is 28.5 Å². The molecule has 2 aromatic carbocycles. The van der Waals surface area contributed by atoms with E-state index in [0.717, 1.165) is 23.7 Å². The molecule has 0 bridgehead atoms. The third-order valence-corrected chi connectivity index (χ3v) is 6.43. The highest BCUT2D eigenvalue weighted by Gasteiger charge is 2.21. The second-order valence-electron chi connectivity index (χ2n) is 7.35. The lowest BCUT2D eigenvalue weighted by Crippen LogP contribution is -2.13. The molecule has 0 saturated heterocycles. The molecular weight excluding hydrogens is 486 g/mol. The van der Waals surface area contributed by atoms with Crippen LogP contribution in [0.1, 0.15) is 40.4 Å². The van der Waals surface area contributed by atoms with Crippen molar-refractivity contribution in [1.82, 2.24) is 4.98 Å². The SMILES string of the molecule is CCc1ccc(-c2c(C#N)c(N)nc(SCCC(=O)Nc3cc(C(=O)O)ccc3Cl)c2C#N)cc1. The summed E-state index contributed by atoms with van der Waals surface area (Å²) in [6.45, 7) is 2.03. The number of halogens is 1. The minimum Gasteiger partial charge on any atom is -0.478 e. The van der Waals surface area contributed by atoms with Crippen LogP contribution in [0.2, 0.25) is 5.02 Å². The number of anilines is 2. The first-order valence-corrected chi connectivity index (χ1v) is 11.8. The van der Waals surface area contributed by atoms with E-state index in [1.54, 1.807) is 0 Å². The summed E-state index contributed by atoms with van der Waals surface area (Å²) in [5.74, 6) is -1.27. The summed E-state index contributed by atoms with van der Waals surface area (Å²) in [7, 11) is 0. The molecule has 0 aliphatic heterocycles. The van der Waals surface area contributed by atoms with Gasteiger partial charge in [-0.15, -0.1) is 11.8 Å². The zero-order valence-corrected chi connectivity index (χ0v) is 20.2. The molecule has 1 aromatic heterocycles. The molecule has 0 atom stereocenters. The monoisotopic (exact) mass is 505 g/mol. The number of aromatic nitrogens is 1. The molecule has 176 valence electrons. The Morgan fingerprint density at radius 2 is 1.83 bits per heavy atom. The van der Waals surface area contributed by atoms with Gasteiger partial charge >= 0.3 is 5.97 Å². The number of rotatable bonds is 8. The summed E-state index contributed by atoms with van der Waals surface area (Å²) in [5, 5.41) is 31.8. The predicted octanol–water partition coefficient (Wildman–Crippen LogP) is 5.11. The molecule has 0 fully saturated rings. The number of pyridine rings is 1. The Labute approximate surface area is 211 Å². The highest BCUT2D eigenvalue weighted by atomic mass is 35.5. The van der Waals surface area contributed by atoms with Crippen LogP contribution in [0.25, 0.3) is 11.1 Å². The summed E-state index contributed by atoms with van der Waals surface area (Å²) in [6.07, 6.45) is 0.884. The molecule has 10 heteroatoms. The smallest absolute Gasteiger partial charge is 0.335 e. The van der Waals surface area contributed by atoms with E-state index in [1.807, 2.05) is 37.3 Å². The summed E-state index contributed by atoms with van der Waals surface area (Å²) in [6, 6.07) is 15.7. The lowest BCUT2D eigenvalue weighted by atomic mass is 9.96. The number of aromatic carboxylic acids is 1. The summed E-state index contributed by atoms with van der Waals surface area (Å²) in [5.41, 5.74) is 8.77. The maximum atomic E-state index is 12.4. The number of aryl methyl sites for hydroxylation is 1. The number of hydrogen-bond acceptors (Lipinski definition) is 7. The Kier molecular flexibility index (Phi) is 8.32. The number of carboxylic acid groups (broad SMARTS) is 1. The zero-order valence-electron chi connectivity index (χ0n) is 18.6. The molecule has 1 amide bonds. The Hall–Kier alpha value is -4.05. The minimum absolute atomic E-state index is 0.00490. The van der Waals surface area contributed by atoms with Crippen LogP contribution in [0.3, 0.4) is 0 Å². The molecular formula is C25H20ClN5O3S. The van der Waals surface area contributed by atoms with E-state index >= 15 is 0 Å². The molecule has 3 rings (SSSR count). The number of nitrogens with one attached hydrogen (secondary N) is 1. The fourth-order valence-corrected chi connectivity index (χ4v) is 4.41. The molecule has 0 unspecified atom stereocenters. The predicted molar refractivity (Wildman–Crippen MR) is 135 cm³/mol. The Balaban J connectivity index is 1.81. The first kappa shape index (κ1) is 25.6. The molecule has 0 spiro atoms. The van der Waals surface area contributed by atoms with Gasteiger partial charge in [-0.05, 0) is 35.7 Å². The fourth-order valence-electron chi connectivity index (χ4n) is 3.31. The lowest BCUT2D eigenvalue weighted by Gasteiger charge is -2.13. The van der Waals surface area contributed by atoms with Crippen LogP contribution in [0.5, 0.6) is 0 Å². The van der Waals surface area contributed by atoms with Gasteiger partial charge in [0, 0.05) is 17.7 Å². The topological polar surface area (TPSA) is 153 Å². The average molecular weight is 506 g/mol. The number of carboxylic acids is 1. The van der Waals surface area contributed by atoms with Crippen LogP contribution in [-0.2, 0) is 11.2 Å². The second-order valence-corrected chi connectivity index (χ2v) is 8.84. The maximum Gasteiger partial charge on any atom is 0.335 e. The van der Waals surface area contributed by atoms with Crippen molar-refractivity contribution < 1.29 is 14.7 Å². The van der Waals surface area contributed by atoms with Crippen molar-refractivity contribution >= 4 is 46.7 Å². The number of hydrogen-bond donors (Lipinski definition) is 3. The van der Waals surface area contributed by atoms with Gasteiger partial charge in [0.15, 0.2) is 0 Å². The standard InChI is InChI=1S/C25H20ClN5O3S/c1-2-14-3-5-15(6-4-14)22-17(12-27)23(29)31-24(18(22)13-28)35-10-9-21(32)30-20-11-16(25(33)34)7-8-19(20)26/h3-8,11H,2,9-10H2,1H3,(H2,29,31)(H,30,32)(H,33,34). The van der Waals surface area contributed by atoms with Gasteiger partial charge in [-0.25, -0.2) is 9.78 Å². The molecule has 3 aromatic rings. The number of amides is 1. The summed E-state index contributed by atoms with van der Waals surface area (Å²) in [4.78, 5) is 27.8. The van der Waals surface area contributed by atoms with Crippen molar-refractivity contribution in [2.75, 3.05) is 16.8 Å². The number of nitrogens with zero attached hydrogens (tertiary/aromatic N) is 3. The van der Waals surface area contributed by atoms with Gasteiger partial charge in [-0.2, -0.15) is 10.5 Å². The first-order chi connectivity index (χ1) is 16.8. The number of carbonyl (C=O) groups is 2. The second kappa shape index (κ2) is 11.4. The molecule has 0 saturated carbocycles. The van der Waals surface area contributed by atoms with Crippen molar-refractivity contribution in [3.63, 3.8) is 0 Å². The van der Waals surface area contributed by atoms with Crippen molar-refractivity contribution in [2.45, 2.75) is 24.8 Å². The number of nitrogen functional groups attached to an aromatic ring is 1. The Morgan fingerprint density at radius 1 is 1.14 bits per heavy atom. The van der Waals surface area contributed by atoms with Gasteiger partial charge in [-0.3, -0.25) is 4.79 Å². The summed E-state index contributed by atoms with van der Waals surface area (Å²) < 4.78 is 0. The molecule has 1 heterocycles. The quantitative estimate of drug-likeness (QED) is 0.357. The van der Waals surface area contributed by atoms with Gasteiger partial charge in [0.25, 0.3) is 0 Å². The number of carbonyl (C=O) groups excluding carboxylic acids is 1. The van der Waals surface area contributed by atoms with E-state index in [4.69, 9.17) is 22.4 Å². The first-order valence-electron chi connectivity index (χ1n) is 10.5. The average Bonchev–Trinajstić information content (AvgIpc) is 2.85. The van der Waals surface area contributed by atoms with E-state index in [2.05, 4.69) is 16.4 Å². The number of nitriles is 2. The maximum absolute atomic E-state index is 12.4. The van der Waals surface area contributed by atoms with Crippen LogP contribution in [0.15, 0.2) is 47.5 Å². The van der Waals surface area contributed by atoms with E-state index in [1.165, 1.54) is 18.2 Å². The lowest BCUT2D eigenvalue weighted by molar-refractivity contribution is -0.115. The van der Waals surface area contributed by atoms with Crippen LogP contribution in [-0.4, -0.2) is 27.7 Å². The molecule has 0 aliphatic rings. The van der Waals surface area contributed by atoms with Crippen molar-refractivity contribution in [3.8, 4) is 23.3 Å². The van der Waals surface area contributed by atoms with Gasteiger partial charge in [0.05, 0.1) is 21.8 Å². The van der Waals surface area contributed by atoms with Crippen LogP contribution < -0.4 is 11.1 Å². The molecule has 0 radical (unpaired) electrons. The third-order valence-electron chi connectivity index (χ3n) is 5.12. The van der Waals surface area contributed by atoms with Crippen LogP contribution >= 0.6 is 23.4 Å². The largest absolute Gasteiger partial charge is 0.478 e.